The maximum atomic E-state index is 8.86. The van der Waals surface area contributed by atoms with E-state index in [2.05, 4.69) is 23.7 Å². The zero-order valence-corrected chi connectivity index (χ0v) is 9.07. The molecule has 0 unspecified atom stereocenters. The summed E-state index contributed by atoms with van der Waals surface area (Å²) in [5, 5.41) is 8.86. The molecular weight excluding hydrogens is 176 g/mol. The average Bonchev–Trinajstić information content (AvgIpc) is 2.17. The molecule has 3 nitrogen and oxygen atoms in total. The maximum absolute atomic E-state index is 8.86. The molecule has 3 heteroatoms. The lowest BCUT2D eigenvalue weighted by Crippen LogP contribution is -2.23. The molecule has 0 aliphatic heterocycles. The first kappa shape index (κ1) is 11.0. The highest BCUT2D eigenvalue weighted by molar-refractivity contribution is 5.38. The molecule has 78 valence electrons. The summed E-state index contributed by atoms with van der Waals surface area (Å²) >= 11 is 0. The van der Waals surface area contributed by atoms with Crippen LogP contribution in [0.15, 0.2) is 18.3 Å². The van der Waals surface area contributed by atoms with Gasteiger partial charge in [0.15, 0.2) is 0 Å². The normalized spacial score (nSPS) is 10.6. The van der Waals surface area contributed by atoms with Crippen LogP contribution in [0.5, 0.6) is 0 Å². The van der Waals surface area contributed by atoms with Gasteiger partial charge in [-0.3, -0.25) is 0 Å². The first-order chi connectivity index (χ1) is 6.63. The van der Waals surface area contributed by atoms with E-state index in [0.29, 0.717) is 5.92 Å². The van der Waals surface area contributed by atoms with Gasteiger partial charge in [0, 0.05) is 19.8 Å². The summed E-state index contributed by atoms with van der Waals surface area (Å²) in [7, 11) is 2.03. The lowest BCUT2D eigenvalue weighted by molar-refractivity contribution is 0.281. The molecule has 0 bridgehead atoms. The quantitative estimate of drug-likeness (QED) is 0.792. The molecule has 1 N–H and O–H groups in total. The highest BCUT2D eigenvalue weighted by Gasteiger charge is 2.03. The Morgan fingerprint density at radius 2 is 2.14 bits per heavy atom. The lowest BCUT2D eigenvalue weighted by atomic mass is 10.2. The highest BCUT2D eigenvalue weighted by Crippen LogP contribution is 2.11. The van der Waals surface area contributed by atoms with Gasteiger partial charge in [-0.1, -0.05) is 19.9 Å². The van der Waals surface area contributed by atoms with Crippen molar-refractivity contribution in [3.63, 3.8) is 0 Å². The van der Waals surface area contributed by atoms with E-state index in [4.69, 9.17) is 5.11 Å². The van der Waals surface area contributed by atoms with Crippen molar-refractivity contribution in [2.75, 3.05) is 18.5 Å². The third-order valence-corrected chi connectivity index (χ3v) is 2.02. The van der Waals surface area contributed by atoms with Crippen molar-refractivity contribution in [2.24, 2.45) is 5.92 Å². The fraction of sp³-hybridized carbons (Fsp3) is 0.545. The van der Waals surface area contributed by atoms with Crippen molar-refractivity contribution in [1.82, 2.24) is 4.98 Å². The predicted molar refractivity (Wildman–Crippen MR) is 58.3 cm³/mol. The molecule has 0 saturated carbocycles. The number of hydrogen-bond donors (Lipinski definition) is 1. The summed E-state index contributed by atoms with van der Waals surface area (Å²) in [6.45, 7) is 5.41. The zero-order chi connectivity index (χ0) is 10.6. The smallest absolute Gasteiger partial charge is 0.128 e. The number of nitrogens with zero attached hydrogens (tertiary/aromatic N) is 2. The van der Waals surface area contributed by atoms with Crippen molar-refractivity contribution >= 4 is 5.82 Å². The SMILES string of the molecule is CC(C)CN(C)c1ccc(CO)cn1. The molecule has 1 heterocycles. The van der Waals surface area contributed by atoms with Crippen molar-refractivity contribution in [3.8, 4) is 0 Å². The van der Waals surface area contributed by atoms with Crippen molar-refractivity contribution in [2.45, 2.75) is 20.5 Å². The van der Waals surface area contributed by atoms with Gasteiger partial charge in [-0.15, -0.1) is 0 Å². The Morgan fingerprint density at radius 3 is 2.57 bits per heavy atom. The number of pyridine rings is 1. The molecule has 0 radical (unpaired) electrons. The number of hydrogen-bond acceptors (Lipinski definition) is 3. The minimum absolute atomic E-state index is 0.0567. The summed E-state index contributed by atoms with van der Waals surface area (Å²) in [5.74, 6) is 1.58. The summed E-state index contributed by atoms with van der Waals surface area (Å²) in [6.07, 6.45) is 1.71. The third kappa shape index (κ3) is 3.00. The minimum Gasteiger partial charge on any atom is -0.392 e. The molecule has 0 amide bonds. The molecule has 0 saturated heterocycles. The van der Waals surface area contributed by atoms with E-state index in [0.717, 1.165) is 17.9 Å². The van der Waals surface area contributed by atoms with Crippen molar-refractivity contribution in [1.29, 1.82) is 0 Å². The Morgan fingerprint density at radius 1 is 1.43 bits per heavy atom. The summed E-state index contributed by atoms with van der Waals surface area (Å²) in [4.78, 5) is 6.39. The number of aliphatic hydroxyl groups excluding tert-OH is 1. The van der Waals surface area contributed by atoms with Crippen LogP contribution >= 0.6 is 0 Å². The van der Waals surface area contributed by atoms with E-state index in [1.54, 1.807) is 6.20 Å². The number of rotatable bonds is 4. The van der Waals surface area contributed by atoms with E-state index in [9.17, 15) is 0 Å². The molecule has 1 aromatic heterocycles. The molecule has 0 fully saturated rings. The first-order valence-electron chi connectivity index (χ1n) is 4.90. The highest BCUT2D eigenvalue weighted by atomic mass is 16.3. The Labute approximate surface area is 85.4 Å². The molecule has 0 aliphatic carbocycles. The van der Waals surface area contributed by atoms with Crippen LogP contribution in [0, 0.1) is 5.92 Å². The van der Waals surface area contributed by atoms with Crippen LogP contribution in [0.25, 0.3) is 0 Å². The average molecular weight is 194 g/mol. The van der Waals surface area contributed by atoms with Crippen LogP contribution in [0.3, 0.4) is 0 Å². The van der Waals surface area contributed by atoms with Gasteiger partial charge in [-0.05, 0) is 17.5 Å². The Bertz CT molecular complexity index is 269. The van der Waals surface area contributed by atoms with Gasteiger partial charge in [0.2, 0.25) is 0 Å². The second kappa shape index (κ2) is 4.96. The van der Waals surface area contributed by atoms with Crippen LogP contribution in [0.1, 0.15) is 19.4 Å². The van der Waals surface area contributed by atoms with Crippen LogP contribution < -0.4 is 4.90 Å². The van der Waals surface area contributed by atoms with Gasteiger partial charge >= 0.3 is 0 Å². The largest absolute Gasteiger partial charge is 0.392 e. The molecule has 1 rings (SSSR count). The topological polar surface area (TPSA) is 36.4 Å². The second-order valence-corrected chi connectivity index (χ2v) is 3.96. The van der Waals surface area contributed by atoms with Gasteiger partial charge in [-0.2, -0.15) is 0 Å². The van der Waals surface area contributed by atoms with Crippen molar-refractivity contribution in [3.05, 3.63) is 23.9 Å². The van der Waals surface area contributed by atoms with Gasteiger partial charge in [0.1, 0.15) is 5.82 Å². The Kier molecular flexibility index (Phi) is 3.89. The first-order valence-corrected chi connectivity index (χ1v) is 4.90. The summed E-state index contributed by atoms with van der Waals surface area (Å²) in [6, 6.07) is 3.84. The number of aromatic nitrogens is 1. The van der Waals surface area contributed by atoms with E-state index in [1.807, 2.05) is 19.2 Å². The number of anilines is 1. The van der Waals surface area contributed by atoms with Gasteiger partial charge in [0.05, 0.1) is 6.61 Å². The fourth-order valence-electron chi connectivity index (χ4n) is 1.38. The molecule has 0 spiro atoms. The van der Waals surface area contributed by atoms with Crippen LogP contribution in [-0.4, -0.2) is 23.7 Å². The molecule has 0 atom stereocenters. The standard InChI is InChI=1S/C11H18N2O/c1-9(2)7-13(3)11-5-4-10(8-14)6-12-11/h4-6,9,14H,7-8H2,1-3H3. The fourth-order valence-corrected chi connectivity index (χ4v) is 1.38. The van der Waals surface area contributed by atoms with Gasteiger partial charge < -0.3 is 10.0 Å². The lowest BCUT2D eigenvalue weighted by Gasteiger charge is -2.20. The van der Waals surface area contributed by atoms with Crippen LogP contribution in [0.2, 0.25) is 0 Å². The molecular formula is C11H18N2O. The monoisotopic (exact) mass is 194 g/mol. The minimum atomic E-state index is 0.0567. The van der Waals surface area contributed by atoms with Gasteiger partial charge in [0.25, 0.3) is 0 Å². The number of aliphatic hydroxyl groups is 1. The van der Waals surface area contributed by atoms with Crippen LogP contribution in [-0.2, 0) is 6.61 Å². The molecule has 0 aliphatic rings. The van der Waals surface area contributed by atoms with E-state index >= 15 is 0 Å². The van der Waals surface area contributed by atoms with E-state index in [-0.39, 0.29) is 6.61 Å². The zero-order valence-electron chi connectivity index (χ0n) is 9.07. The molecule has 14 heavy (non-hydrogen) atoms. The summed E-state index contributed by atoms with van der Waals surface area (Å²) in [5.41, 5.74) is 0.853. The second-order valence-electron chi connectivity index (χ2n) is 3.96. The van der Waals surface area contributed by atoms with E-state index in [1.165, 1.54) is 0 Å². The van der Waals surface area contributed by atoms with E-state index < -0.39 is 0 Å². The van der Waals surface area contributed by atoms with Crippen LogP contribution in [0.4, 0.5) is 5.82 Å². The Hall–Kier alpha value is -1.09. The third-order valence-electron chi connectivity index (χ3n) is 2.02. The molecule has 1 aromatic rings. The summed E-state index contributed by atoms with van der Waals surface area (Å²) < 4.78 is 0. The predicted octanol–water partition coefficient (Wildman–Crippen LogP) is 1.67. The molecule has 0 aromatic carbocycles. The Balaban J connectivity index is 2.66. The van der Waals surface area contributed by atoms with Crippen molar-refractivity contribution < 1.29 is 5.11 Å². The van der Waals surface area contributed by atoms with Gasteiger partial charge in [-0.25, -0.2) is 4.98 Å². The maximum Gasteiger partial charge on any atom is 0.128 e.